The van der Waals surface area contributed by atoms with E-state index in [1.165, 1.54) is 24.1 Å². The molecule has 2 amide bonds. The second-order valence-corrected chi connectivity index (χ2v) is 11.0. The highest BCUT2D eigenvalue weighted by Gasteiger charge is 2.34. The average Bonchev–Trinajstić information content (AvgIpc) is 2.88. The molecular formula is C28H32ClN3O4S. The number of hydrogen-bond donors (Lipinski definition) is 1. The Hall–Kier alpha value is -3.36. The van der Waals surface area contributed by atoms with Crippen LogP contribution in [0.25, 0.3) is 0 Å². The van der Waals surface area contributed by atoms with Crippen LogP contribution < -0.4 is 9.62 Å². The normalized spacial score (nSPS) is 12.0. The molecule has 0 aromatic heterocycles. The molecule has 1 unspecified atom stereocenters. The highest BCUT2D eigenvalue weighted by Crippen LogP contribution is 2.31. The van der Waals surface area contributed by atoms with Crippen molar-refractivity contribution in [3.63, 3.8) is 0 Å². The maximum Gasteiger partial charge on any atom is 0.264 e. The number of likely N-dealkylation sites (N-methyl/N-ethyl adjacent to an activating group) is 1. The highest BCUT2D eigenvalue weighted by atomic mass is 35.5. The van der Waals surface area contributed by atoms with Gasteiger partial charge in [-0.05, 0) is 55.7 Å². The van der Waals surface area contributed by atoms with Crippen molar-refractivity contribution in [1.29, 1.82) is 0 Å². The van der Waals surface area contributed by atoms with Gasteiger partial charge in [-0.3, -0.25) is 13.9 Å². The number of amides is 2. The molecule has 3 rings (SSSR count). The Labute approximate surface area is 224 Å². The third-order valence-corrected chi connectivity index (χ3v) is 8.34. The lowest BCUT2D eigenvalue weighted by Crippen LogP contribution is -2.51. The summed E-state index contributed by atoms with van der Waals surface area (Å²) in [7, 11) is -2.65. The van der Waals surface area contributed by atoms with E-state index in [1.807, 2.05) is 45.0 Å². The number of sulfonamides is 1. The lowest BCUT2D eigenvalue weighted by atomic mass is 10.1. The van der Waals surface area contributed by atoms with Crippen molar-refractivity contribution in [2.45, 2.75) is 44.7 Å². The summed E-state index contributed by atoms with van der Waals surface area (Å²) in [6.07, 6.45) is 0.355. The third-order valence-electron chi connectivity index (χ3n) is 6.24. The number of nitrogens with zero attached hydrogens (tertiary/aromatic N) is 2. The zero-order valence-corrected chi connectivity index (χ0v) is 23.0. The Morgan fingerprint density at radius 2 is 1.57 bits per heavy atom. The first-order valence-corrected chi connectivity index (χ1v) is 13.8. The first kappa shape index (κ1) is 28.2. The lowest BCUT2D eigenvalue weighted by Gasteiger charge is -2.33. The number of nitrogens with one attached hydrogen (secondary N) is 1. The maximum atomic E-state index is 13.9. The number of para-hydroxylation sites is 1. The molecule has 1 N–H and O–H groups in total. The van der Waals surface area contributed by atoms with Gasteiger partial charge in [0, 0.05) is 13.6 Å². The van der Waals surface area contributed by atoms with Crippen LogP contribution in [0.3, 0.4) is 0 Å². The second kappa shape index (κ2) is 12.3. The summed E-state index contributed by atoms with van der Waals surface area (Å²) in [6, 6.07) is 19.7. The highest BCUT2D eigenvalue weighted by molar-refractivity contribution is 7.92. The number of anilines is 1. The number of halogens is 1. The van der Waals surface area contributed by atoms with E-state index in [0.717, 1.165) is 21.0 Å². The molecule has 3 aromatic rings. The first-order chi connectivity index (χ1) is 17.6. The zero-order chi connectivity index (χ0) is 27.2. The maximum absolute atomic E-state index is 13.9. The van der Waals surface area contributed by atoms with E-state index < -0.39 is 28.5 Å². The Bertz CT molecular complexity index is 1360. The smallest absolute Gasteiger partial charge is 0.264 e. The number of carbonyl (C=O) groups excluding carboxylic acids is 2. The molecule has 9 heteroatoms. The molecule has 37 heavy (non-hydrogen) atoms. The fourth-order valence-corrected chi connectivity index (χ4v) is 5.78. The van der Waals surface area contributed by atoms with Crippen molar-refractivity contribution in [1.82, 2.24) is 10.2 Å². The van der Waals surface area contributed by atoms with Crippen LogP contribution >= 0.6 is 11.6 Å². The van der Waals surface area contributed by atoms with Crippen LogP contribution in [0.1, 0.15) is 30.0 Å². The van der Waals surface area contributed by atoms with Crippen LogP contribution in [0.4, 0.5) is 5.69 Å². The van der Waals surface area contributed by atoms with E-state index >= 15 is 0 Å². The number of rotatable bonds is 10. The Morgan fingerprint density at radius 1 is 0.946 bits per heavy atom. The number of benzene rings is 3. The molecule has 0 spiro atoms. The average molecular weight is 542 g/mol. The van der Waals surface area contributed by atoms with Crippen LogP contribution in [0.2, 0.25) is 5.02 Å². The molecule has 0 radical (unpaired) electrons. The molecule has 0 aliphatic carbocycles. The minimum absolute atomic E-state index is 0.0367. The van der Waals surface area contributed by atoms with E-state index in [1.54, 1.807) is 36.4 Å². The van der Waals surface area contributed by atoms with Crippen molar-refractivity contribution in [3.05, 3.63) is 94.5 Å². The van der Waals surface area contributed by atoms with Crippen molar-refractivity contribution >= 4 is 39.1 Å². The van der Waals surface area contributed by atoms with Crippen LogP contribution in [-0.4, -0.2) is 44.8 Å². The summed E-state index contributed by atoms with van der Waals surface area (Å²) in [5, 5.41) is 2.81. The fourth-order valence-electron chi connectivity index (χ4n) is 4.06. The molecule has 7 nitrogen and oxygen atoms in total. The zero-order valence-electron chi connectivity index (χ0n) is 21.4. The molecular weight excluding hydrogens is 510 g/mol. The van der Waals surface area contributed by atoms with Gasteiger partial charge in [-0.1, -0.05) is 72.6 Å². The summed E-state index contributed by atoms with van der Waals surface area (Å²) < 4.78 is 28.6. The van der Waals surface area contributed by atoms with Gasteiger partial charge in [-0.25, -0.2) is 8.42 Å². The molecule has 196 valence electrons. The molecule has 3 aromatic carbocycles. The second-order valence-electron chi connectivity index (χ2n) is 8.76. The topological polar surface area (TPSA) is 86.8 Å². The molecule has 1 atom stereocenters. The van der Waals surface area contributed by atoms with Crippen molar-refractivity contribution < 1.29 is 18.0 Å². The third kappa shape index (κ3) is 6.50. The van der Waals surface area contributed by atoms with E-state index in [4.69, 9.17) is 11.6 Å². The van der Waals surface area contributed by atoms with Crippen LogP contribution in [0.15, 0.2) is 77.7 Å². The van der Waals surface area contributed by atoms with Gasteiger partial charge in [-0.2, -0.15) is 0 Å². The summed E-state index contributed by atoms with van der Waals surface area (Å²) in [6.45, 7) is 5.22. The molecule has 0 aliphatic rings. The number of hydrogen-bond acceptors (Lipinski definition) is 4. The first-order valence-electron chi connectivity index (χ1n) is 12.0. The quantitative estimate of drug-likeness (QED) is 0.403. The van der Waals surface area contributed by atoms with Gasteiger partial charge < -0.3 is 10.2 Å². The van der Waals surface area contributed by atoms with Crippen LogP contribution in [0.5, 0.6) is 0 Å². The fraction of sp³-hybridized carbons (Fsp3) is 0.286. The van der Waals surface area contributed by atoms with E-state index in [-0.39, 0.29) is 28.1 Å². The number of aryl methyl sites for hydroxylation is 2. The largest absolute Gasteiger partial charge is 0.357 e. The predicted octanol–water partition coefficient (Wildman–Crippen LogP) is 4.71. The standard InChI is InChI=1S/C28H32ClN3O4S/c1-5-25(28(34)30-4)31(18-22-11-7-6-10-21(22)3)27(33)19-32(26-13-9-8-12-24(26)29)37(35,36)23-16-14-20(2)15-17-23/h6-17,25H,5,18-19H2,1-4H3,(H,30,34). The van der Waals surface area contributed by atoms with Crippen molar-refractivity contribution in [3.8, 4) is 0 Å². The van der Waals surface area contributed by atoms with Gasteiger partial charge in [0.1, 0.15) is 12.6 Å². The minimum Gasteiger partial charge on any atom is -0.357 e. The molecule has 0 fully saturated rings. The van der Waals surface area contributed by atoms with Gasteiger partial charge in [0.05, 0.1) is 15.6 Å². The van der Waals surface area contributed by atoms with Gasteiger partial charge in [0.15, 0.2) is 0 Å². The SMILES string of the molecule is CCC(C(=O)NC)N(Cc1ccccc1C)C(=O)CN(c1ccccc1Cl)S(=O)(=O)c1ccc(C)cc1. The van der Waals surface area contributed by atoms with Crippen LogP contribution in [0, 0.1) is 13.8 Å². The summed E-state index contributed by atoms with van der Waals surface area (Å²) in [5.41, 5.74) is 2.91. The molecule has 0 saturated heterocycles. The van der Waals surface area contributed by atoms with Gasteiger partial charge in [-0.15, -0.1) is 0 Å². The summed E-state index contributed by atoms with van der Waals surface area (Å²) in [5.74, 6) is -0.843. The lowest BCUT2D eigenvalue weighted by molar-refractivity contribution is -0.140. The van der Waals surface area contributed by atoms with Crippen molar-refractivity contribution in [2.75, 3.05) is 17.9 Å². The summed E-state index contributed by atoms with van der Waals surface area (Å²) >= 11 is 6.42. The Morgan fingerprint density at radius 3 is 2.16 bits per heavy atom. The molecule has 0 saturated carbocycles. The van der Waals surface area contributed by atoms with E-state index in [2.05, 4.69) is 5.32 Å². The van der Waals surface area contributed by atoms with E-state index in [0.29, 0.717) is 6.42 Å². The molecule has 0 heterocycles. The van der Waals surface area contributed by atoms with Gasteiger partial charge in [0.2, 0.25) is 11.8 Å². The number of carbonyl (C=O) groups is 2. The molecule has 0 aliphatic heterocycles. The Kier molecular flexibility index (Phi) is 9.34. The predicted molar refractivity (Wildman–Crippen MR) is 147 cm³/mol. The van der Waals surface area contributed by atoms with Gasteiger partial charge in [0.25, 0.3) is 10.0 Å². The van der Waals surface area contributed by atoms with E-state index in [9.17, 15) is 18.0 Å². The summed E-state index contributed by atoms with van der Waals surface area (Å²) in [4.78, 5) is 28.1. The molecule has 0 bridgehead atoms. The van der Waals surface area contributed by atoms with Crippen LogP contribution in [-0.2, 0) is 26.2 Å². The van der Waals surface area contributed by atoms with Gasteiger partial charge >= 0.3 is 0 Å². The monoisotopic (exact) mass is 541 g/mol. The van der Waals surface area contributed by atoms with Crippen molar-refractivity contribution in [2.24, 2.45) is 0 Å². The minimum atomic E-state index is -4.16. The Balaban J connectivity index is 2.08.